The molecule has 0 amide bonds. The molecule has 4 heterocycles. The van der Waals surface area contributed by atoms with Crippen LogP contribution in [0.1, 0.15) is 30.0 Å². The third-order valence-corrected chi connectivity index (χ3v) is 5.77. The minimum absolute atomic E-state index is 0.251. The Morgan fingerprint density at radius 1 is 0.921 bits per heavy atom. The summed E-state index contributed by atoms with van der Waals surface area (Å²) in [6, 6.07) is 4.83. The molecule has 1 aliphatic rings. The number of aromatic nitrogens is 7. The second kappa shape index (κ2) is 11.4. The SMILES string of the molecule is C[C@H](Nc1nc(Nc2cc(CCc3cc(F)cc(F)c3)[nH]n2)nc(N2CCOCC2)n1)c1ncc(F)cn1. The third-order valence-electron chi connectivity index (χ3n) is 5.77. The lowest BCUT2D eigenvalue weighted by Gasteiger charge is -2.27. The van der Waals surface area contributed by atoms with Crippen molar-refractivity contribution in [2.45, 2.75) is 25.8 Å². The maximum Gasteiger partial charge on any atom is 0.235 e. The molecule has 0 saturated carbocycles. The van der Waals surface area contributed by atoms with Crippen LogP contribution < -0.4 is 15.5 Å². The number of aromatic amines is 1. The van der Waals surface area contributed by atoms with Crippen LogP contribution in [0.15, 0.2) is 36.7 Å². The highest BCUT2D eigenvalue weighted by Gasteiger charge is 2.19. The summed E-state index contributed by atoms with van der Waals surface area (Å²) in [7, 11) is 0. The monoisotopic (exact) mass is 526 g/mol. The Morgan fingerprint density at radius 2 is 1.63 bits per heavy atom. The van der Waals surface area contributed by atoms with Crippen molar-refractivity contribution in [2.24, 2.45) is 0 Å². The van der Waals surface area contributed by atoms with Gasteiger partial charge in [-0.05, 0) is 37.5 Å². The minimum Gasteiger partial charge on any atom is -0.378 e. The number of halogens is 3. The number of nitrogens with zero attached hydrogens (tertiary/aromatic N) is 7. The normalized spacial score (nSPS) is 14.4. The highest BCUT2D eigenvalue weighted by Crippen LogP contribution is 2.21. The van der Waals surface area contributed by atoms with Crippen molar-refractivity contribution in [3.05, 3.63) is 71.2 Å². The maximum absolute atomic E-state index is 13.5. The molecule has 0 unspecified atom stereocenters. The highest BCUT2D eigenvalue weighted by atomic mass is 19.1. The summed E-state index contributed by atoms with van der Waals surface area (Å²) in [5.41, 5.74) is 1.31. The molecule has 1 atom stereocenters. The van der Waals surface area contributed by atoms with Gasteiger partial charge in [-0.25, -0.2) is 23.1 Å². The summed E-state index contributed by atoms with van der Waals surface area (Å²) in [4.78, 5) is 23.5. The standard InChI is InChI=1S/C24H25F3N10O/c1-14(21-28-12-18(27)13-29-21)30-22-32-23(34-24(33-22)37-4-6-38-7-5-37)31-20-11-19(35-36-20)3-2-15-8-16(25)10-17(26)9-15/h8-14H,2-7H2,1H3,(H3,30,31,32,33,34,35,36)/t14-/m0/s1. The molecule has 1 saturated heterocycles. The molecule has 0 radical (unpaired) electrons. The largest absolute Gasteiger partial charge is 0.378 e. The topological polar surface area (TPSA) is 130 Å². The molecule has 3 N–H and O–H groups in total. The molecule has 14 heteroatoms. The first-order chi connectivity index (χ1) is 18.4. The fourth-order valence-corrected chi connectivity index (χ4v) is 3.90. The van der Waals surface area contributed by atoms with Crippen LogP contribution in [0, 0.1) is 17.5 Å². The first-order valence-electron chi connectivity index (χ1n) is 12.0. The highest BCUT2D eigenvalue weighted by molar-refractivity contribution is 5.53. The fourth-order valence-electron chi connectivity index (χ4n) is 3.90. The predicted octanol–water partition coefficient (Wildman–Crippen LogP) is 3.34. The van der Waals surface area contributed by atoms with Gasteiger partial charge < -0.3 is 20.3 Å². The van der Waals surface area contributed by atoms with Gasteiger partial charge in [0, 0.05) is 30.9 Å². The molecule has 0 aliphatic carbocycles. The van der Waals surface area contributed by atoms with Crippen molar-refractivity contribution in [3.63, 3.8) is 0 Å². The van der Waals surface area contributed by atoms with Crippen LogP contribution >= 0.6 is 0 Å². The number of morpholine rings is 1. The summed E-state index contributed by atoms with van der Waals surface area (Å²) in [5, 5.41) is 13.4. The Labute approximate surface area is 215 Å². The first kappa shape index (κ1) is 25.3. The van der Waals surface area contributed by atoms with Gasteiger partial charge in [0.05, 0.1) is 31.6 Å². The summed E-state index contributed by atoms with van der Waals surface area (Å²) in [5.74, 6) is 0.0721. The molecule has 11 nitrogen and oxygen atoms in total. The number of hydrogen-bond donors (Lipinski definition) is 3. The molecule has 0 spiro atoms. The lowest BCUT2D eigenvalue weighted by Crippen LogP contribution is -2.37. The van der Waals surface area contributed by atoms with Crippen molar-refractivity contribution >= 4 is 23.7 Å². The van der Waals surface area contributed by atoms with E-state index in [4.69, 9.17) is 4.74 Å². The zero-order valence-electron chi connectivity index (χ0n) is 20.5. The van der Waals surface area contributed by atoms with Crippen molar-refractivity contribution in [2.75, 3.05) is 41.8 Å². The van der Waals surface area contributed by atoms with Crippen molar-refractivity contribution in [1.82, 2.24) is 35.1 Å². The molecular weight excluding hydrogens is 501 g/mol. The van der Waals surface area contributed by atoms with Gasteiger partial charge in [0.25, 0.3) is 0 Å². The number of anilines is 4. The smallest absolute Gasteiger partial charge is 0.235 e. The van der Waals surface area contributed by atoms with E-state index in [2.05, 4.69) is 45.8 Å². The van der Waals surface area contributed by atoms with Crippen molar-refractivity contribution in [1.29, 1.82) is 0 Å². The minimum atomic E-state index is -0.609. The molecule has 4 aromatic rings. The van der Waals surface area contributed by atoms with Crippen LogP contribution in [0.5, 0.6) is 0 Å². The number of ether oxygens (including phenoxy) is 1. The van der Waals surface area contributed by atoms with E-state index in [9.17, 15) is 13.2 Å². The molecule has 1 aromatic carbocycles. The number of benzene rings is 1. The number of hydrogen-bond acceptors (Lipinski definition) is 10. The molecule has 198 valence electrons. The van der Waals surface area contributed by atoms with Crippen molar-refractivity contribution < 1.29 is 17.9 Å². The molecule has 3 aromatic heterocycles. The average molecular weight is 527 g/mol. The predicted molar refractivity (Wildman–Crippen MR) is 133 cm³/mol. The van der Waals surface area contributed by atoms with Crippen LogP contribution in [0.2, 0.25) is 0 Å². The van der Waals surface area contributed by atoms with E-state index < -0.39 is 23.5 Å². The Kier molecular flexibility index (Phi) is 7.58. The molecule has 5 rings (SSSR count). The van der Waals surface area contributed by atoms with E-state index in [1.165, 1.54) is 12.1 Å². The lowest BCUT2D eigenvalue weighted by atomic mass is 10.1. The first-order valence-corrected chi connectivity index (χ1v) is 12.0. The van der Waals surface area contributed by atoms with E-state index in [0.717, 1.165) is 24.2 Å². The zero-order valence-corrected chi connectivity index (χ0v) is 20.5. The molecule has 0 bridgehead atoms. The van der Waals surface area contributed by atoms with E-state index in [-0.39, 0.29) is 11.9 Å². The Balaban J connectivity index is 1.32. The Bertz CT molecular complexity index is 1360. The summed E-state index contributed by atoms with van der Waals surface area (Å²) >= 11 is 0. The second-order valence-electron chi connectivity index (χ2n) is 8.69. The number of nitrogens with one attached hydrogen (secondary N) is 3. The van der Waals surface area contributed by atoms with Gasteiger partial charge in [0.1, 0.15) is 17.5 Å². The van der Waals surface area contributed by atoms with E-state index in [1.54, 1.807) is 6.07 Å². The third kappa shape index (κ3) is 6.51. The Morgan fingerprint density at radius 3 is 2.37 bits per heavy atom. The quantitative estimate of drug-likeness (QED) is 0.299. The number of H-pyrrole nitrogens is 1. The zero-order chi connectivity index (χ0) is 26.5. The number of aryl methyl sites for hydroxylation is 2. The molecule has 38 heavy (non-hydrogen) atoms. The average Bonchev–Trinajstić information content (AvgIpc) is 3.35. The van der Waals surface area contributed by atoms with E-state index in [0.29, 0.717) is 62.3 Å². The van der Waals surface area contributed by atoms with Crippen molar-refractivity contribution in [3.8, 4) is 0 Å². The van der Waals surface area contributed by atoms with Crippen LogP contribution in [0.3, 0.4) is 0 Å². The second-order valence-corrected chi connectivity index (χ2v) is 8.69. The Hall–Kier alpha value is -4.33. The van der Waals surface area contributed by atoms with Gasteiger partial charge in [-0.1, -0.05) is 0 Å². The summed E-state index contributed by atoms with van der Waals surface area (Å²) < 4.78 is 45.6. The fraction of sp³-hybridized carbons (Fsp3) is 0.333. The van der Waals surface area contributed by atoms with Crippen LogP contribution in [-0.2, 0) is 17.6 Å². The molecule has 1 aliphatic heterocycles. The van der Waals surface area contributed by atoms with Crippen LogP contribution in [0.25, 0.3) is 0 Å². The molecule has 1 fully saturated rings. The summed E-state index contributed by atoms with van der Waals surface area (Å²) in [6.07, 6.45) is 3.12. The lowest BCUT2D eigenvalue weighted by molar-refractivity contribution is 0.122. The van der Waals surface area contributed by atoms with Crippen LogP contribution in [0.4, 0.5) is 36.8 Å². The summed E-state index contributed by atoms with van der Waals surface area (Å²) in [6.45, 7) is 4.15. The number of rotatable bonds is 9. The van der Waals surface area contributed by atoms with Gasteiger partial charge >= 0.3 is 0 Å². The van der Waals surface area contributed by atoms with Gasteiger partial charge in [0.15, 0.2) is 11.6 Å². The van der Waals surface area contributed by atoms with Crippen LogP contribution in [-0.4, -0.2) is 61.4 Å². The van der Waals surface area contributed by atoms with Gasteiger partial charge in [-0.15, -0.1) is 0 Å². The van der Waals surface area contributed by atoms with Gasteiger partial charge in [-0.2, -0.15) is 20.1 Å². The van der Waals surface area contributed by atoms with E-state index >= 15 is 0 Å². The molecular formula is C24H25F3N10O. The van der Waals surface area contributed by atoms with Gasteiger partial charge in [-0.3, -0.25) is 5.10 Å². The van der Waals surface area contributed by atoms with Gasteiger partial charge in [0.2, 0.25) is 17.8 Å². The van der Waals surface area contributed by atoms with E-state index in [1.807, 2.05) is 11.8 Å². The maximum atomic E-state index is 13.5.